The molecule has 1 aromatic carbocycles. The molecule has 1 aromatic rings. The number of hydrogen-bond donors (Lipinski definition) is 1. The largest absolute Gasteiger partial charge is 0.400 e. The topological polar surface area (TPSA) is 20.2 Å². The van der Waals surface area contributed by atoms with Crippen LogP contribution in [0.15, 0.2) is 43.5 Å². The summed E-state index contributed by atoms with van der Waals surface area (Å²) in [5.41, 5.74) is 1.41. The highest BCUT2D eigenvalue weighted by molar-refractivity contribution is 5.13. The first-order chi connectivity index (χ1) is 8.70. The van der Waals surface area contributed by atoms with Gasteiger partial charge in [-0.05, 0) is 17.9 Å². The fraction of sp³-hybridized carbons (Fsp3) is 0.529. The van der Waals surface area contributed by atoms with Gasteiger partial charge in [-0.25, -0.2) is 0 Å². The van der Waals surface area contributed by atoms with E-state index in [-0.39, 0.29) is 0 Å². The Morgan fingerprint density at radius 1 is 1.00 bits per heavy atom. The van der Waals surface area contributed by atoms with Gasteiger partial charge in [-0.2, -0.15) is 0 Å². The summed E-state index contributed by atoms with van der Waals surface area (Å²) in [6, 6.07) is 10.5. The summed E-state index contributed by atoms with van der Waals surface area (Å²) >= 11 is 0. The molecule has 18 heavy (non-hydrogen) atoms. The zero-order chi connectivity index (χ0) is 14.8. The summed E-state index contributed by atoms with van der Waals surface area (Å²) in [5, 5.41) is 7.00. The van der Waals surface area contributed by atoms with Crippen LogP contribution >= 0.6 is 0 Å². The summed E-state index contributed by atoms with van der Waals surface area (Å²) in [5.74, 6) is 0.898. The average Bonchev–Trinajstić information content (AvgIpc) is 2.45. The second-order valence-corrected chi connectivity index (χ2v) is 4.02. The summed E-state index contributed by atoms with van der Waals surface area (Å²) in [4.78, 5) is 0. The molecule has 106 valence electrons. The van der Waals surface area contributed by atoms with E-state index in [1.165, 1.54) is 18.4 Å². The minimum Gasteiger partial charge on any atom is -0.400 e. The van der Waals surface area contributed by atoms with Crippen LogP contribution in [0, 0.1) is 5.92 Å². The van der Waals surface area contributed by atoms with Gasteiger partial charge in [0.25, 0.3) is 0 Å². The lowest BCUT2D eigenvalue weighted by Crippen LogP contribution is -1.81. The van der Waals surface area contributed by atoms with E-state index < -0.39 is 0 Å². The summed E-state index contributed by atoms with van der Waals surface area (Å²) < 4.78 is 0. The molecular weight excluding hydrogens is 220 g/mol. The molecule has 1 rings (SSSR count). The Balaban J connectivity index is -0.000000201. The summed E-state index contributed by atoms with van der Waals surface area (Å²) in [7, 11) is 1.00. The first-order valence-electron chi connectivity index (χ1n) is 6.69. The van der Waals surface area contributed by atoms with Gasteiger partial charge < -0.3 is 5.11 Å². The molecular formula is C17H32O. The number of benzene rings is 1. The monoisotopic (exact) mass is 252 g/mol. The predicted octanol–water partition coefficient (Wildman–Crippen LogP) is 5.10. The molecule has 0 aliphatic heterocycles. The maximum Gasteiger partial charge on any atom is 0.0319 e. The Morgan fingerprint density at radius 3 is 1.61 bits per heavy atom. The van der Waals surface area contributed by atoms with Crippen molar-refractivity contribution in [1.29, 1.82) is 0 Å². The van der Waals surface area contributed by atoms with Crippen LogP contribution in [-0.4, -0.2) is 12.2 Å². The molecule has 1 N–H and O–H groups in total. The van der Waals surface area contributed by atoms with E-state index in [4.69, 9.17) is 5.11 Å². The van der Waals surface area contributed by atoms with Gasteiger partial charge in [0, 0.05) is 7.11 Å². The second kappa shape index (κ2) is 21.2. The van der Waals surface area contributed by atoms with Gasteiger partial charge in [0.2, 0.25) is 0 Å². The fourth-order valence-corrected chi connectivity index (χ4v) is 1.29. The van der Waals surface area contributed by atoms with Crippen molar-refractivity contribution < 1.29 is 5.11 Å². The number of aliphatic hydroxyl groups excluding tert-OH is 1. The van der Waals surface area contributed by atoms with Crippen LogP contribution < -0.4 is 0 Å². The Kier molecular flexibility index (Phi) is 26.1. The molecule has 1 nitrogen and oxygen atoms in total. The quantitative estimate of drug-likeness (QED) is 0.742. The van der Waals surface area contributed by atoms with Crippen LogP contribution in [0.4, 0.5) is 0 Å². The average molecular weight is 252 g/mol. The molecule has 0 saturated carbocycles. The molecule has 0 unspecified atom stereocenters. The smallest absolute Gasteiger partial charge is 0.0319 e. The molecule has 0 heterocycles. The minimum absolute atomic E-state index is 0.898. The van der Waals surface area contributed by atoms with Crippen molar-refractivity contribution in [2.45, 2.75) is 47.0 Å². The van der Waals surface area contributed by atoms with Gasteiger partial charge >= 0.3 is 0 Å². The molecule has 0 radical (unpaired) electrons. The highest BCUT2D eigenvalue weighted by Gasteiger charge is 1.85. The van der Waals surface area contributed by atoms with Crippen molar-refractivity contribution in [2.24, 2.45) is 5.92 Å². The van der Waals surface area contributed by atoms with Crippen molar-refractivity contribution in [2.75, 3.05) is 7.11 Å². The molecule has 0 aromatic heterocycles. The number of hydrogen-bond acceptors (Lipinski definition) is 1. The molecule has 0 saturated heterocycles. The third kappa shape index (κ3) is 20.3. The molecule has 0 bridgehead atoms. The third-order valence-corrected chi connectivity index (χ3v) is 2.12. The van der Waals surface area contributed by atoms with Gasteiger partial charge in [0.1, 0.15) is 0 Å². The van der Waals surface area contributed by atoms with Crippen LogP contribution in [0.5, 0.6) is 0 Å². The van der Waals surface area contributed by atoms with Crippen LogP contribution in [0.1, 0.15) is 46.1 Å². The van der Waals surface area contributed by atoms with E-state index in [0.29, 0.717) is 0 Å². The van der Waals surface area contributed by atoms with E-state index in [2.05, 4.69) is 65.1 Å². The molecule has 0 fully saturated rings. The highest BCUT2D eigenvalue weighted by Crippen LogP contribution is 2.00. The number of rotatable bonds is 3. The van der Waals surface area contributed by atoms with E-state index in [1.807, 2.05) is 6.07 Å². The van der Waals surface area contributed by atoms with E-state index in [9.17, 15) is 0 Å². The van der Waals surface area contributed by atoms with Crippen LogP contribution in [0.2, 0.25) is 0 Å². The molecule has 0 aliphatic carbocycles. The van der Waals surface area contributed by atoms with Crippen molar-refractivity contribution in [3.63, 3.8) is 0 Å². The highest BCUT2D eigenvalue weighted by atomic mass is 16.2. The lowest BCUT2D eigenvalue weighted by Gasteiger charge is -1.95. The van der Waals surface area contributed by atoms with Gasteiger partial charge in [-0.1, -0.05) is 70.9 Å². The number of aryl methyl sites for hydroxylation is 1. The lowest BCUT2D eigenvalue weighted by molar-refractivity contribution is 0.399. The molecule has 0 amide bonds. The Morgan fingerprint density at radius 2 is 1.44 bits per heavy atom. The first kappa shape index (κ1) is 22.1. The van der Waals surface area contributed by atoms with Crippen molar-refractivity contribution in [1.82, 2.24) is 0 Å². The second-order valence-electron chi connectivity index (χ2n) is 4.02. The van der Waals surface area contributed by atoms with Crippen LogP contribution in [0.25, 0.3) is 0 Å². The Labute approximate surface area is 115 Å². The SMILES string of the molecule is C=C.CCCC(C)C.CCc1ccccc1.CO. The zero-order valence-electron chi connectivity index (χ0n) is 12.9. The lowest BCUT2D eigenvalue weighted by atomic mass is 10.1. The fourth-order valence-electron chi connectivity index (χ4n) is 1.29. The normalized spacial score (nSPS) is 7.94. The van der Waals surface area contributed by atoms with Crippen molar-refractivity contribution in [3.8, 4) is 0 Å². The van der Waals surface area contributed by atoms with Gasteiger partial charge in [0.15, 0.2) is 0 Å². The maximum atomic E-state index is 7.00. The summed E-state index contributed by atoms with van der Waals surface area (Å²) in [6.45, 7) is 14.9. The van der Waals surface area contributed by atoms with Crippen molar-refractivity contribution >= 4 is 0 Å². The molecule has 0 spiro atoms. The van der Waals surface area contributed by atoms with E-state index in [1.54, 1.807) is 0 Å². The zero-order valence-corrected chi connectivity index (χ0v) is 12.9. The predicted molar refractivity (Wildman–Crippen MR) is 85.0 cm³/mol. The maximum absolute atomic E-state index is 7.00. The van der Waals surface area contributed by atoms with Gasteiger partial charge in [0.05, 0.1) is 0 Å². The molecule has 1 heteroatoms. The van der Waals surface area contributed by atoms with Gasteiger partial charge in [-0.3, -0.25) is 0 Å². The third-order valence-electron chi connectivity index (χ3n) is 2.12. The number of aliphatic hydroxyl groups is 1. The van der Waals surface area contributed by atoms with Crippen LogP contribution in [-0.2, 0) is 6.42 Å². The van der Waals surface area contributed by atoms with Gasteiger partial charge in [-0.15, -0.1) is 13.2 Å². The standard InChI is InChI=1S/C8H10.C6H14.C2H4.CH4O/c1-2-8-6-4-3-5-7-8;1-4-5-6(2)3;2*1-2/h3-7H,2H2,1H3;6H,4-5H2,1-3H3;1-2H2;2H,1H3. The van der Waals surface area contributed by atoms with E-state index in [0.717, 1.165) is 19.4 Å². The van der Waals surface area contributed by atoms with Crippen molar-refractivity contribution in [3.05, 3.63) is 49.1 Å². The Hall–Kier alpha value is -1.08. The van der Waals surface area contributed by atoms with Crippen LogP contribution in [0.3, 0.4) is 0 Å². The summed E-state index contributed by atoms with van der Waals surface area (Å²) in [6.07, 6.45) is 3.85. The first-order valence-corrected chi connectivity index (χ1v) is 6.69. The van der Waals surface area contributed by atoms with E-state index >= 15 is 0 Å². The molecule has 0 atom stereocenters. The molecule has 0 aliphatic rings. The minimum atomic E-state index is 0.898. The Bertz CT molecular complexity index is 216.